The molecule has 154 valence electrons. The summed E-state index contributed by atoms with van der Waals surface area (Å²) in [6, 6.07) is 2.06. The standard InChI is InChI=1S/C20H31N5O3/c1-15-11-18(22-19(21-15)24-7-9-28-10-8-24)23-5-3-20(4-6-23)12-17(27)13-25(14-20)16(2)26/h11,17,27H,3-10,12-14H2,1-2H3. The molecule has 1 atom stereocenters. The van der Waals surface area contributed by atoms with Crippen molar-refractivity contribution in [1.29, 1.82) is 0 Å². The first-order valence-corrected chi connectivity index (χ1v) is 10.3. The lowest BCUT2D eigenvalue weighted by atomic mass is 9.71. The second kappa shape index (κ2) is 7.83. The molecule has 1 spiro atoms. The number of carbonyl (C=O) groups is 1. The molecule has 3 aliphatic rings. The van der Waals surface area contributed by atoms with Crippen molar-refractivity contribution < 1.29 is 14.6 Å². The van der Waals surface area contributed by atoms with Crippen LogP contribution in [0.5, 0.6) is 0 Å². The summed E-state index contributed by atoms with van der Waals surface area (Å²) in [6.45, 7) is 9.69. The molecule has 3 aliphatic heterocycles. The van der Waals surface area contributed by atoms with Crippen molar-refractivity contribution in [2.45, 2.75) is 39.2 Å². The number of hydrogen-bond acceptors (Lipinski definition) is 7. The van der Waals surface area contributed by atoms with Gasteiger partial charge in [-0.2, -0.15) is 4.98 Å². The number of rotatable bonds is 2. The normalized spacial score (nSPS) is 25.2. The van der Waals surface area contributed by atoms with Gasteiger partial charge in [-0.15, -0.1) is 0 Å². The van der Waals surface area contributed by atoms with Gasteiger partial charge in [0.15, 0.2) is 0 Å². The Hall–Kier alpha value is -1.93. The minimum absolute atomic E-state index is 0.0228. The van der Waals surface area contributed by atoms with Crippen molar-refractivity contribution in [2.24, 2.45) is 5.41 Å². The molecule has 4 rings (SSSR count). The molecule has 3 fully saturated rings. The Balaban J connectivity index is 1.46. The number of anilines is 2. The second-order valence-corrected chi connectivity index (χ2v) is 8.51. The molecular weight excluding hydrogens is 358 g/mol. The minimum Gasteiger partial charge on any atom is -0.391 e. The Kier molecular flexibility index (Phi) is 5.42. The van der Waals surface area contributed by atoms with E-state index in [4.69, 9.17) is 9.72 Å². The lowest BCUT2D eigenvalue weighted by Crippen LogP contribution is -2.55. The van der Waals surface area contributed by atoms with Crippen molar-refractivity contribution in [3.05, 3.63) is 11.8 Å². The zero-order chi connectivity index (χ0) is 19.7. The first kappa shape index (κ1) is 19.4. The minimum atomic E-state index is -0.418. The van der Waals surface area contributed by atoms with E-state index < -0.39 is 6.10 Å². The molecule has 1 aromatic heterocycles. The molecule has 8 nitrogen and oxygen atoms in total. The summed E-state index contributed by atoms with van der Waals surface area (Å²) in [5.74, 6) is 1.82. The summed E-state index contributed by atoms with van der Waals surface area (Å²) in [5, 5.41) is 10.3. The Bertz CT molecular complexity index is 714. The Morgan fingerprint density at radius 2 is 1.89 bits per heavy atom. The number of ether oxygens (including phenoxy) is 1. The average molecular weight is 390 g/mol. The van der Waals surface area contributed by atoms with Gasteiger partial charge in [-0.3, -0.25) is 4.79 Å². The van der Waals surface area contributed by atoms with Crippen LogP contribution in [0.25, 0.3) is 0 Å². The maximum absolute atomic E-state index is 11.9. The smallest absolute Gasteiger partial charge is 0.227 e. The predicted octanol–water partition coefficient (Wildman–Crippen LogP) is 0.821. The Labute approximate surface area is 166 Å². The van der Waals surface area contributed by atoms with Crippen molar-refractivity contribution in [3.8, 4) is 0 Å². The lowest BCUT2D eigenvalue weighted by molar-refractivity contribution is -0.137. The molecule has 0 saturated carbocycles. The third-order valence-corrected chi connectivity index (χ3v) is 6.34. The number of likely N-dealkylation sites (tertiary alicyclic amines) is 1. The number of morpholine rings is 1. The molecule has 0 bridgehead atoms. The summed E-state index contributed by atoms with van der Waals surface area (Å²) in [4.78, 5) is 27.7. The Morgan fingerprint density at radius 1 is 1.18 bits per heavy atom. The van der Waals surface area contributed by atoms with E-state index in [0.29, 0.717) is 19.8 Å². The fourth-order valence-corrected chi connectivity index (χ4v) is 4.77. The van der Waals surface area contributed by atoms with Crippen molar-refractivity contribution >= 4 is 17.7 Å². The summed E-state index contributed by atoms with van der Waals surface area (Å²) in [5.41, 5.74) is 0.997. The number of nitrogens with zero attached hydrogens (tertiary/aromatic N) is 5. The van der Waals surface area contributed by atoms with E-state index in [1.165, 1.54) is 0 Å². The first-order valence-electron chi connectivity index (χ1n) is 10.3. The van der Waals surface area contributed by atoms with Gasteiger partial charge in [-0.25, -0.2) is 4.98 Å². The topological polar surface area (TPSA) is 82.0 Å². The molecule has 1 unspecified atom stereocenters. The number of amides is 1. The third kappa shape index (κ3) is 4.07. The van der Waals surface area contributed by atoms with Crippen molar-refractivity contribution in [1.82, 2.24) is 14.9 Å². The summed E-state index contributed by atoms with van der Waals surface area (Å²) < 4.78 is 5.44. The van der Waals surface area contributed by atoms with Gasteiger partial charge in [-0.1, -0.05) is 0 Å². The summed E-state index contributed by atoms with van der Waals surface area (Å²) in [7, 11) is 0. The highest BCUT2D eigenvalue weighted by Gasteiger charge is 2.42. The zero-order valence-corrected chi connectivity index (χ0v) is 16.9. The van der Waals surface area contributed by atoms with Crippen LogP contribution >= 0.6 is 0 Å². The molecule has 8 heteroatoms. The summed E-state index contributed by atoms with van der Waals surface area (Å²) in [6.07, 6.45) is 2.29. The maximum atomic E-state index is 11.9. The molecule has 0 aliphatic carbocycles. The SMILES string of the molecule is CC(=O)N1CC(O)CC2(CCN(c3cc(C)nc(N4CCOCC4)n3)CC2)C1. The molecule has 1 N–H and O–H groups in total. The fraction of sp³-hybridized carbons (Fsp3) is 0.750. The molecule has 3 saturated heterocycles. The van der Waals surface area contributed by atoms with Crippen LogP contribution < -0.4 is 9.80 Å². The number of aliphatic hydroxyl groups excluding tert-OH is 1. The average Bonchev–Trinajstić information content (AvgIpc) is 2.68. The largest absolute Gasteiger partial charge is 0.391 e. The highest BCUT2D eigenvalue weighted by Crippen LogP contribution is 2.41. The van der Waals surface area contributed by atoms with Gasteiger partial charge in [0.25, 0.3) is 0 Å². The maximum Gasteiger partial charge on any atom is 0.227 e. The molecule has 1 amide bonds. The van der Waals surface area contributed by atoms with Crippen LogP contribution in [0.2, 0.25) is 0 Å². The number of hydrogen-bond donors (Lipinski definition) is 1. The van der Waals surface area contributed by atoms with Gasteiger partial charge >= 0.3 is 0 Å². The lowest BCUT2D eigenvalue weighted by Gasteiger charge is -2.49. The van der Waals surface area contributed by atoms with Gasteiger partial charge < -0.3 is 24.5 Å². The van der Waals surface area contributed by atoms with Crippen LogP contribution in [-0.2, 0) is 9.53 Å². The number of aliphatic hydroxyl groups is 1. The molecule has 28 heavy (non-hydrogen) atoms. The predicted molar refractivity (Wildman–Crippen MR) is 107 cm³/mol. The van der Waals surface area contributed by atoms with Gasteiger partial charge in [0.05, 0.1) is 19.3 Å². The third-order valence-electron chi connectivity index (χ3n) is 6.34. The fourth-order valence-electron chi connectivity index (χ4n) is 4.77. The number of β-amino-alcohol motifs (C(OH)–C–C–N with tert-alkyl or cyclic N) is 1. The number of carbonyl (C=O) groups excluding carboxylic acids is 1. The van der Waals surface area contributed by atoms with Crippen molar-refractivity contribution in [2.75, 3.05) is 62.3 Å². The van der Waals surface area contributed by atoms with Gasteiger partial charge in [-0.05, 0) is 31.6 Å². The van der Waals surface area contributed by atoms with Gasteiger partial charge in [0, 0.05) is 58.0 Å². The van der Waals surface area contributed by atoms with Crippen LogP contribution in [0.1, 0.15) is 31.9 Å². The van der Waals surface area contributed by atoms with Crippen LogP contribution in [0.15, 0.2) is 6.07 Å². The quantitative estimate of drug-likeness (QED) is 0.802. The molecule has 1 aromatic rings. The Morgan fingerprint density at radius 3 is 2.57 bits per heavy atom. The van der Waals surface area contributed by atoms with Crippen LogP contribution in [0.4, 0.5) is 11.8 Å². The van der Waals surface area contributed by atoms with Crippen LogP contribution in [0.3, 0.4) is 0 Å². The van der Waals surface area contributed by atoms with Gasteiger partial charge in [0.2, 0.25) is 11.9 Å². The number of aromatic nitrogens is 2. The molecule has 0 aromatic carbocycles. The van der Waals surface area contributed by atoms with Crippen LogP contribution in [0, 0.1) is 12.3 Å². The van der Waals surface area contributed by atoms with E-state index in [-0.39, 0.29) is 11.3 Å². The highest BCUT2D eigenvalue weighted by molar-refractivity contribution is 5.73. The van der Waals surface area contributed by atoms with E-state index in [1.807, 2.05) is 11.8 Å². The molecule has 4 heterocycles. The van der Waals surface area contributed by atoms with E-state index in [2.05, 4.69) is 20.9 Å². The van der Waals surface area contributed by atoms with Crippen LogP contribution in [-0.4, -0.2) is 84.5 Å². The van der Waals surface area contributed by atoms with E-state index in [1.54, 1.807) is 6.92 Å². The zero-order valence-electron chi connectivity index (χ0n) is 16.9. The van der Waals surface area contributed by atoms with Crippen molar-refractivity contribution in [3.63, 3.8) is 0 Å². The van der Waals surface area contributed by atoms with E-state index in [9.17, 15) is 9.90 Å². The monoisotopic (exact) mass is 389 g/mol. The summed E-state index contributed by atoms with van der Waals surface area (Å²) >= 11 is 0. The van der Waals surface area contributed by atoms with E-state index in [0.717, 1.165) is 69.4 Å². The number of piperidine rings is 2. The molecule has 0 radical (unpaired) electrons. The van der Waals surface area contributed by atoms with Gasteiger partial charge in [0.1, 0.15) is 5.82 Å². The number of aryl methyl sites for hydroxylation is 1. The van der Waals surface area contributed by atoms with E-state index >= 15 is 0 Å². The first-order chi connectivity index (χ1) is 13.4. The molecular formula is C20H31N5O3. The highest BCUT2D eigenvalue weighted by atomic mass is 16.5. The second-order valence-electron chi connectivity index (χ2n) is 8.51.